The minimum absolute atomic E-state index is 0.0133. The molecule has 1 amide bonds. The SMILES string of the molecule is O=C1NCCCC[C@@H]1Sc1nnnn1CC(F)(F)F. The van der Waals surface area contributed by atoms with Crippen LogP contribution >= 0.6 is 11.8 Å². The lowest BCUT2D eigenvalue weighted by Crippen LogP contribution is -2.31. The highest BCUT2D eigenvalue weighted by Crippen LogP contribution is 2.27. The first-order chi connectivity index (χ1) is 8.96. The predicted molar refractivity (Wildman–Crippen MR) is 60.4 cm³/mol. The zero-order valence-corrected chi connectivity index (χ0v) is 10.7. The smallest absolute Gasteiger partial charge is 0.355 e. The first-order valence-electron chi connectivity index (χ1n) is 5.73. The van der Waals surface area contributed by atoms with Crippen LogP contribution in [-0.2, 0) is 11.3 Å². The molecule has 6 nitrogen and oxygen atoms in total. The number of alkyl halides is 3. The quantitative estimate of drug-likeness (QED) is 0.900. The zero-order valence-electron chi connectivity index (χ0n) is 9.85. The largest absolute Gasteiger partial charge is 0.408 e. The Balaban J connectivity index is 2.06. The van der Waals surface area contributed by atoms with E-state index in [4.69, 9.17) is 0 Å². The summed E-state index contributed by atoms with van der Waals surface area (Å²) in [5, 5.41) is 12.4. The van der Waals surface area contributed by atoms with Crippen molar-refractivity contribution in [3.63, 3.8) is 0 Å². The van der Waals surface area contributed by atoms with Gasteiger partial charge in [0.05, 0.1) is 5.25 Å². The molecule has 19 heavy (non-hydrogen) atoms. The molecule has 0 aliphatic carbocycles. The third-order valence-electron chi connectivity index (χ3n) is 2.56. The summed E-state index contributed by atoms with van der Waals surface area (Å²) in [5.41, 5.74) is 0. The average Bonchev–Trinajstić information content (AvgIpc) is 2.61. The summed E-state index contributed by atoms with van der Waals surface area (Å²) in [6.45, 7) is -0.653. The number of nitrogens with one attached hydrogen (secondary N) is 1. The molecule has 0 saturated carbocycles. The van der Waals surface area contributed by atoms with Crippen molar-refractivity contribution < 1.29 is 18.0 Å². The van der Waals surface area contributed by atoms with E-state index in [0.717, 1.165) is 24.6 Å². The van der Waals surface area contributed by atoms with Crippen molar-refractivity contribution in [1.82, 2.24) is 25.5 Å². The lowest BCUT2D eigenvalue weighted by atomic mass is 10.2. The van der Waals surface area contributed by atoms with Crippen molar-refractivity contribution in [2.75, 3.05) is 6.54 Å². The van der Waals surface area contributed by atoms with Gasteiger partial charge in [-0.2, -0.15) is 13.2 Å². The van der Waals surface area contributed by atoms with Crippen LogP contribution in [0.4, 0.5) is 13.2 Å². The van der Waals surface area contributed by atoms with Gasteiger partial charge in [-0.05, 0) is 23.3 Å². The Labute approximate surface area is 111 Å². The fourth-order valence-corrected chi connectivity index (χ4v) is 2.74. The summed E-state index contributed by atoms with van der Waals surface area (Å²) in [7, 11) is 0. The van der Waals surface area contributed by atoms with Crippen molar-refractivity contribution in [3.05, 3.63) is 0 Å². The first-order valence-corrected chi connectivity index (χ1v) is 6.61. The molecular formula is C9H12F3N5OS. The van der Waals surface area contributed by atoms with Gasteiger partial charge < -0.3 is 5.32 Å². The Morgan fingerprint density at radius 2 is 2.21 bits per heavy atom. The zero-order chi connectivity index (χ0) is 13.9. The van der Waals surface area contributed by atoms with Gasteiger partial charge in [-0.1, -0.05) is 18.2 Å². The van der Waals surface area contributed by atoms with E-state index in [-0.39, 0.29) is 11.1 Å². The first kappa shape index (κ1) is 14.1. The number of aromatic nitrogens is 4. The molecule has 0 spiro atoms. The predicted octanol–water partition coefficient (Wildman–Crippen LogP) is 0.996. The molecule has 0 bridgehead atoms. The van der Waals surface area contributed by atoms with Crippen molar-refractivity contribution in [2.45, 2.75) is 42.4 Å². The molecule has 106 valence electrons. The van der Waals surface area contributed by atoms with E-state index in [9.17, 15) is 18.0 Å². The fraction of sp³-hybridized carbons (Fsp3) is 0.778. The van der Waals surface area contributed by atoms with Crippen LogP contribution in [0.3, 0.4) is 0 Å². The number of carbonyl (C=O) groups excluding carboxylic acids is 1. The van der Waals surface area contributed by atoms with Crippen molar-refractivity contribution in [3.8, 4) is 0 Å². The Kier molecular flexibility index (Phi) is 4.27. The van der Waals surface area contributed by atoms with E-state index in [1.165, 1.54) is 0 Å². The standard InChI is InChI=1S/C9H12F3N5OS/c10-9(11,12)5-17-8(14-15-16-17)19-6-3-1-2-4-13-7(6)18/h6H,1-5H2,(H,13,18)/t6-/m0/s1. The van der Waals surface area contributed by atoms with Crippen LogP contribution in [0.5, 0.6) is 0 Å². The molecular weight excluding hydrogens is 283 g/mol. The van der Waals surface area contributed by atoms with Crippen LogP contribution in [-0.4, -0.2) is 44.1 Å². The van der Waals surface area contributed by atoms with Crippen molar-refractivity contribution in [2.24, 2.45) is 0 Å². The Morgan fingerprint density at radius 3 is 2.95 bits per heavy atom. The van der Waals surface area contributed by atoms with Gasteiger partial charge in [0.2, 0.25) is 11.1 Å². The van der Waals surface area contributed by atoms with Gasteiger partial charge in [0.15, 0.2) is 0 Å². The number of halogens is 3. The third kappa shape index (κ3) is 4.08. The highest BCUT2D eigenvalue weighted by molar-refractivity contribution is 8.00. The molecule has 1 fully saturated rings. The molecule has 1 saturated heterocycles. The van der Waals surface area contributed by atoms with Crippen LogP contribution < -0.4 is 5.32 Å². The molecule has 1 aromatic heterocycles. The summed E-state index contributed by atoms with van der Waals surface area (Å²) in [6.07, 6.45) is -2.07. The van der Waals surface area contributed by atoms with E-state index in [2.05, 4.69) is 20.8 Å². The van der Waals surface area contributed by atoms with E-state index in [1.807, 2.05) is 0 Å². The van der Waals surface area contributed by atoms with Gasteiger partial charge in [-0.3, -0.25) is 4.79 Å². The topological polar surface area (TPSA) is 72.7 Å². The maximum Gasteiger partial charge on any atom is 0.408 e. The van der Waals surface area contributed by atoms with Gasteiger partial charge in [0, 0.05) is 6.54 Å². The second-order valence-corrected chi connectivity index (χ2v) is 5.30. The van der Waals surface area contributed by atoms with Gasteiger partial charge >= 0.3 is 6.18 Å². The third-order valence-corrected chi connectivity index (χ3v) is 3.80. The molecule has 0 aromatic carbocycles. The van der Waals surface area contributed by atoms with Crippen LogP contribution in [0.15, 0.2) is 5.16 Å². The molecule has 2 heterocycles. The lowest BCUT2D eigenvalue weighted by Gasteiger charge is -2.12. The summed E-state index contributed by atoms with van der Waals surface area (Å²) in [5.74, 6) is -0.177. The number of hydrogen-bond donors (Lipinski definition) is 1. The minimum Gasteiger partial charge on any atom is -0.355 e. The van der Waals surface area contributed by atoms with E-state index in [1.54, 1.807) is 0 Å². The molecule has 1 atom stereocenters. The highest BCUT2D eigenvalue weighted by atomic mass is 32.2. The summed E-state index contributed by atoms with van der Waals surface area (Å²) >= 11 is 0.975. The number of rotatable bonds is 3. The molecule has 10 heteroatoms. The van der Waals surface area contributed by atoms with E-state index >= 15 is 0 Å². The molecule has 1 aromatic rings. The van der Waals surface area contributed by atoms with Crippen LogP contribution in [0.2, 0.25) is 0 Å². The molecule has 0 unspecified atom stereocenters. The fourth-order valence-electron chi connectivity index (χ4n) is 1.70. The monoisotopic (exact) mass is 295 g/mol. The summed E-state index contributed by atoms with van der Waals surface area (Å²) in [6, 6.07) is 0. The van der Waals surface area contributed by atoms with Gasteiger partial charge in [-0.25, -0.2) is 4.68 Å². The number of thioether (sulfide) groups is 1. The number of tetrazole rings is 1. The maximum atomic E-state index is 12.3. The molecule has 0 radical (unpaired) electrons. The Hall–Kier alpha value is -1.32. The minimum atomic E-state index is -4.39. The van der Waals surface area contributed by atoms with Crippen LogP contribution in [0.1, 0.15) is 19.3 Å². The summed E-state index contributed by atoms with van der Waals surface area (Å²) in [4.78, 5) is 11.7. The van der Waals surface area contributed by atoms with Gasteiger partial charge in [0.1, 0.15) is 6.54 Å². The van der Waals surface area contributed by atoms with Crippen LogP contribution in [0.25, 0.3) is 0 Å². The highest BCUT2D eigenvalue weighted by Gasteiger charge is 2.31. The Bertz CT molecular complexity index is 449. The molecule has 1 aliphatic rings. The number of hydrogen-bond acceptors (Lipinski definition) is 5. The van der Waals surface area contributed by atoms with Gasteiger partial charge in [0.25, 0.3) is 0 Å². The number of amides is 1. The summed E-state index contributed by atoms with van der Waals surface area (Å²) < 4.78 is 37.6. The van der Waals surface area contributed by atoms with Crippen molar-refractivity contribution >= 4 is 17.7 Å². The molecule has 1 N–H and O–H groups in total. The number of carbonyl (C=O) groups is 1. The van der Waals surface area contributed by atoms with E-state index in [0.29, 0.717) is 17.6 Å². The lowest BCUT2D eigenvalue weighted by molar-refractivity contribution is -0.144. The van der Waals surface area contributed by atoms with Gasteiger partial charge in [-0.15, -0.1) is 5.10 Å². The van der Waals surface area contributed by atoms with Crippen LogP contribution in [0, 0.1) is 0 Å². The van der Waals surface area contributed by atoms with Crippen molar-refractivity contribution in [1.29, 1.82) is 0 Å². The number of nitrogens with zero attached hydrogens (tertiary/aromatic N) is 4. The average molecular weight is 295 g/mol. The Morgan fingerprint density at radius 1 is 1.42 bits per heavy atom. The normalized spacial score (nSPS) is 21.0. The second kappa shape index (κ2) is 5.76. The second-order valence-electron chi connectivity index (χ2n) is 4.13. The maximum absolute atomic E-state index is 12.3. The molecule has 1 aliphatic heterocycles. The molecule has 2 rings (SSSR count). The van der Waals surface area contributed by atoms with E-state index < -0.39 is 18.0 Å².